The minimum atomic E-state index is 0.447. The molecule has 290 valence electrons. The second-order valence-corrected chi connectivity index (χ2v) is 15.1. The van der Waals surface area contributed by atoms with Gasteiger partial charge in [-0.05, 0) is 36.4 Å². The zero-order valence-electron chi connectivity index (χ0n) is 33.1. The number of ether oxygens (including phenoxy) is 2. The van der Waals surface area contributed by atoms with Crippen molar-refractivity contribution < 1.29 is 9.47 Å². The molecule has 0 spiro atoms. The summed E-state index contributed by atoms with van der Waals surface area (Å²) in [5, 5.41) is 3.56. The standard InChI is InChI=1S/C48H36N10O2/c1-57(2)27-13-11-15-29(23-27)59-39-25-37-38(26-40(39)60-30-16-12-14-28(24-30)58(3)4)48-55-46-36-22-10-8-20-34(36)44(53-46)51-42-32-18-6-5-17-31(32)41(49-42)50-43-33-19-7-9-21-35(33)45(52-43)54-47(37)56-48/h5-26H,1-4H3,(H2,49,50,51,52,53,54,55,56). The Kier molecular flexibility index (Phi) is 8.05. The summed E-state index contributed by atoms with van der Waals surface area (Å²) in [5.74, 6) is 4.26. The monoisotopic (exact) mass is 784 g/mol. The highest BCUT2D eigenvalue weighted by atomic mass is 16.5. The number of hydrogen-bond donors (Lipinski definition) is 2. The molecule has 2 aliphatic rings. The van der Waals surface area contributed by atoms with Crippen molar-refractivity contribution in [3.8, 4) is 68.5 Å². The summed E-state index contributed by atoms with van der Waals surface area (Å²) < 4.78 is 13.4. The van der Waals surface area contributed by atoms with Gasteiger partial charge in [0.1, 0.15) is 34.1 Å². The highest BCUT2D eigenvalue weighted by molar-refractivity contribution is 6.06. The number of aromatic nitrogens is 8. The molecule has 11 rings (SSSR count). The number of anilines is 2. The van der Waals surface area contributed by atoms with E-state index in [4.69, 9.17) is 39.4 Å². The number of H-pyrrole nitrogens is 2. The van der Waals surface area contributed by atoms with Crippen LogP contribution in [0.25, 0.3) is 89.7 Å². The van der Waals surface area contributed by atoms with Gasteiger partial charge in [0.05, 0.1) is 0 Å². The number of hydrogen-bond acceptors (Lipinski definition) is 10. The first-order chi connectivity index (χ1) is 29.3. The van der Waals surface area contributed by atoms with Crippen molar-refractivity contribution in [2.75, 3.05) is 38.0 Å². The maximum atomic E-state index is 6.72. The first-order valence-corrected chi connectivity index (χ1v) is 19.5. The summed E-state index contributed by atoms with van der Waals surface area (Å²) in [6, 6.07) is 43.8. The van der Waals surface area contributed by atoms with Crippen LogP contribution >= 0.6 is 0 Å². The number of rotatable bonds is 6. The van der Waals surface area contributed by atoms with Crippen molar-refractivity contribution in [2.24, 2.45) is 0 Å². The van der Waals surface area contributed by atoms with Gasteiger partial charge in [-0.3, -0.25) is 0 Å². The molecule has 0 atom stereocenters. The van der Waals surface area contributed by atoms with Crippen LogP contribution in [0, 0.1) is 0 Å². The number of nitrogens with one attached hydrogen (secondary N) is 2. The van der Waals surface area contributed by atoms with Crippen molar-refractivity contribution in [3.63, 3.8) is 0 Å². The average Bonchev–Trinajstić information content (AvgIpc) is 3.99. The fraction of sp³-hybridized carbons (Fsp3) is 0.0833. The van der Waals surface area contributed by atoms with Crippen LogP contribution in [0.1, 0.15) is 0 Å². The summed E-state index contributed by atoms with van der Waals surface area (Å²) in [7, 11) is 8.00. The maximum absolute atomic E-state index is 6.72. The Bertz CT molecular complexity index is 3150. The first kappa shape index (κ1) is 35.1. The van der Waals surface area contributed by atoms with Gasteiger partial charge in [-0.25, -0.2) is 29.9 Å². The SMILES string of the molecule is CN(C)c1cccc(Oc2cc3c(cc2Oc2cccc(N(C)C)c2)-c2nc-3nc3[nH]c(nc4nc(nc5[nH]c(n2)c2ccccc52)-c2ccccc2-4)c2ccccc32)c1. The molecule has 2 N–H and O–H groups in total. The molecule has 12 nitrogen and oxygen atoms in total. The third kappa shape index (κ3) is 6.00. The Morgan fingerprint density at radius 2 is 0.717 bits per heavy atom. The Labute approximate surface area is 343 Å². The van der Waals surface area contributed by atoms with Crippen LogP contribution in [0.2, 0.25) is 0 Å². The Hall–Kier alpha value is -8.12. The van der Waals surface area contributed by atoms with Crippen LogP contribution in [0.5, 0.6) is 23.0 Å². The lowest BCUT2D eigenvalue weighted by molar-refractivity contribution is 0.419. The lowest BCUT2D eigenvalue weighted by Crippen LogP contribution is -2.08. The molecule has 2 aliphatic heterocycles. The normalized spacial score (nSPS) is 11.7. The van der Waals surface area contributed by atoms with Gasteiger partial charge in [-0.2, -0.15) is 0 Å². The van der Waals surface area contributed by atoms with E-state index < -0.39 is 0 Å². The fourth-order valence-electron chi connectivity index (χ4n) is 7.71. The van der Waals surface area contributed by atoms with Gasteiger partial charge in [-0.1, -0.05) is 84.9 Å². The number of nitrogens with zero attached hydrogens (tertiary/aromatic N) is 8. The quantitative estimate of drug-likeness (QED) is 0.168. The van der Waals surface area contributed by atoms with Gasteiger partial charge in [0.15, 0.2) is 34.8 Å². The van der Waals surface area contributed by atoms with Crippen LogP contribution in [0.3, 0.4) is 0 Å². The maximum Gasteiger partial charge on any atom is 0.170 e. The van der Waals surface area contributed by atoms with E-state index in [9.17, 15) is 0 Å². The zero-order valence-corrected chi connectivity index (χ0v) is 33.1. The molecule has 60 heavy (non-hydrogen) atoms. The highest BCUT2D eigenvalue weighted by Gasteiger charge is 2.26. The van der Waals surface area contributed by atoms with E-state index in [1.165, 1.54) is 0 Å². The molecule has 0 amide bonds. The number of aromatic amines is 2. The van der Waals surface area contributed by atoms with Gasteiger partial charge >= 0.3 is 0 Å². The summed E-state index contributed by atoms with van der Waals surface area (Å²) in [4.78, 5) is 42.0. The van der Waals surface area contributed by atoms with Gasteiger partial charge in [-0.15, -0.1) is 0 Å². The molecule has 5 heterocycles. The summed E-state index contributed by atoms with van der Waals surface area (Å²) in [6.07, 6.45) is 0. The van der Waals surface area contributed by atoms with Crippen molar-refractivity contribution >= 4 is 55.5 Å². The number of fused-ring (bicyclic) bond motifs is 20. The highest BCUT2D eigenvalue weighted by Crippen LogP contribution is 2.46. The molecule has 0 radical (unpaired) electrons. The van der Waals surface area contributed by atoms with E-state index in [1.54, 1.807) is 0 Å². The van der Waals surface area contributed by atoms with Gasteiger partial charge in [0.2, 0.25) is 0 Å². The predicted molar refractivity (Wildman–Crippen MR) is 238 cm³/mol. The largest absolute Gasteiger partial charge is 0.453 e. The van der Waals surface area contributed by atoms with Gasteiger partial charge in [0, 0.05) is 95.5 Å². The van der Waals surface area contributed by atoms with E-state index in [0.29, 0.717) is 68.9 Å². The molecule has 12 heteroatoms. The van der Waals surface area contributed by atoms with E-state index in [0.717, 1.165) is 55.2 Å². The zero-order chi connectivity index (χ0) is 40.5. The second-order valence-electron chi connectivity index (χ2n) is 15.1. The molecular formula is C48H36N10O2. The lowest BCUT2D eigenvalue weighted by Gasteiger charge is -2.18. The van der Waals surface area contributed by atoms with Gasteiger partial charge < -0.3 is 29.2 Å². The molecule has 8 bridgehead atoms. The Balaban J connectivity index is 1.21. The van der Waals surface area contributed by atoms with E-state index in [-0.39, 0.29) is 0 Å². The first-order valence-electron chi connectivity index (χ1n) is 19.5. The third-order valence-corrected chi connectivity index (χ3v) is 10.7. The third-order valence-electron chi connectivity index (χ3n) is 10.7. The van der Waals surface area contributed by atoms with Crippen molar-refractivity contribution in [3.05, 3.63) is 133 Å². The Morgan fingerprint density at radius 3 is 1.08 bits per heavy atom. The predicted octanol–water partition coefficient (Wildman–Crippen LogP) is 10.6. The topological polar surface area (TPSA) is 134 Å². The van der Waals surface area contributed by atoms with Crippen LogP contribution in [-0.4, -0.2) is 68.1 Å². The smallest absolute Gasteiger partial charge is 0.170 e. The van der Waals surface area contributed by atoms with Gasteiger partial charge in [0.25, 0.3) is 0 Å². The molecule has 9 aromatic rings. The minimum Gasteiger partial charge on any atom is -0.453 e. The number of benzene rings is 6. The van der Waals surface area contributed by atoms with E-state index in [2.05, 4.69) is 9.97 Å². The fourth-order valence-corrected chi connectivity index (χ4v) is 7.71. The van der Waals surface area contributed by atoms with Crippen LogP contribution in [0.4, 0.5) is 11.4 Å². The van der Waals surface area contributed by atoms with E-state index in [1.807, 2.05) is 171 Å². The molecule has 0 unspecified atom stereocenters. The Morgan fingerprint density at radius 1 is 0.367 bits per heavy atom. The van der Waals surface area contributed by atoms with Crippen molar-refractivity contribution in [1.29, 1.82) is 0 Å². The summed E-state index contributed by atoms with van der Waals surface area (Å²) >= 11 is 0. The summed E-state index contributed by atoms with van der Waals surface area (Å²) in [6.45, 7) is 0. The summed E-state index contributed by atoms with van der Waals surface area (Å²) in [5.41, 5.74) is 7.65. The lowest BCUT2D eigenvalue weighted by atomic mass is 10.1. The van der Waals surface area contributed by atoms with Crippen LogP contribution in [-0.2, 0) is 0 Å². The second kappa shape index (κ2) is 13.8. The minimum absolute atomic E-state index is 0.447. The average molecular weight is 785 g/mol. The molecule has 3 aromatic heterocycles. The molecule has 0 saturated carbocycles. The van der Waals surface area contributed by atoms with Crippen molar-refractivity contribution in [2.45, 2.75) is 0 Å². The van der Waals surface area contributed by atoms with Crippen LogP contribution < -0.4 is 19.3 Å². The van der Waals surface area contributed by atoms with Crippen molar-refractivity contribution in [1.82, 2.24) is 39.9 Å². The molecule has 0 aliphatic carbocycles. The molecular weight excluding hydrogens is 749 g/mol. The van der Waals surface area contributed by atoms with Crippen LogP contribution in [0.15, 0.2) is 133 Å². The molecule has 6 aromatic carbocycles. The molecule has 0 fully saturated rings. The van der Waals surface area contributed by atoms with E-state index >= 15 is 0 Å². The molecule has 0 saturated heterocycles.